The quantitative estimate of drug-likeness (QED) is 0.729. The van der Waals surface area contributed by atoms with Crippen molar-refractivity contribution in [2.45, 2.75) is 19.6 Å². The van der Waals surface area contributed by atoms with Gasteiger partial charge in [-0.25, -0.2) is 9.97 Å². The van der Waals surface area contributed by atoms with Gasteiger partial charge >= 0.3 is 0 Å². The number of nitrogens with zero attached hydrogens (tertiary/aromatic N) is 3. The van der Waals surface area contributed by atoms with Crippen molar-refractivity contribution < 1.29 is 9.47 Å². The van der Waals surface area contributed by atoms with Crippen molar-refractivity contribution in [1.29, 1.82) is 0 Å². The predicted molar refractivity (Wildman–Crippen MR) is 67.5 cm³/mol. The first-order chi connectivity index (χ1) is 8.08. The molecule has 5 nitrogen and oxygen atoms in total. The molecule has 17 heavy (non-hydrogen) atoms. The van der Waals surface area contributed by atoms with Gasteiger partial charge in [0.05, 0.1) is 12.6 Å². The lowest BCUT2D eigenvalue weighted by molar-refractivity contribution is 0.177. The minimum atomic E-state index is 0.210. The first-order valence-corrected chi connectivity index (χ1v) is 5.70. The van der Waals surface area contributed by atoms with Crippen LogP contribution in [0.2, 0.25) is 5.15 Å². The minimum Gasteiger partial charge on any atom is -0.383 e. The SMILES string of the molecule is COCc1nc(Cl)cc(N(C)C(C)COC)n1. The van der Waals surface area contributed by atoms with E-state index < -0.39 is 0 Å². The Balaban J connectivity index is 2.88. The third-order valence-electron chi connectivity index (χ3n) is 2.43. The van der Waals surface area contributed by atoms with Gasteiger partial charge in [0.15, 0.2) is 5.82 Å². The monoisotopic (exact) mass is 259 g/mol. The molecule has 0 saturated carbocycles. The number of hydrogen-bond acceptors (Lipinski definition) is 5. The number of ether oxygens (including phenoxy) is 2. The van der Waals surface area contributed by atoms with Crippen molar-refractivity contribution in [2.24, 2.45) is 0 Å². The van der Waals surface area contributed by atoms with Crippen LogP contribution in [0, 0.1) is 0 Å². The topological polar surface area (TPSA) is 47.5 Å². The highest BCUT2D eigenvalue weighted by Crippen LogP contribution is 2.17. The second kappa shape index (κ2) is 6.74. The molecule has 0 aromatic carbocycles. The van der Waals surface area contributed by atoms with Crippen molar-refractivity contribution in [3.8, 4) is 0 Å². The molecule has 0 saturated heterocycles. The summed E-state index contributed by atoms with van der Waals surface area (Å²) in [7, 11) is 5.22. The molecule has 0 radical (unpaired) electrons. The Labute approximate surface area is 107 Å². The lowest BCUT2D eigenvalue weighted by Gasteiger charge is -2.25. The Morgan fingerprint density at radius 2 is 2.06 bits per heavy atom. The fourth-order valence-electron chi connectivity index (χ4n) is 1.40. The number of methoxy groups -OCH3 is 2. The summed E-state index contributed by atoms with van der Waals surface area (Å²) in [5.41, 5.74) is 0. The fraction of sp³-hybridized carbons (Fsp3) is 0.636. The van der Waals surface area contributed by atoms with Crippen LogP contribution < -0.4 is 4.90 Å². The Hall–Kier alpha value is -0.910. The molecule has 0 aliphatic heterocycles. The van der Waals surface area contributed by atoms with Gasteiger partial charge in [-0.15, -0.1) is 0 Å². The molecule has 1 atom stereocenters. The Bertz CT molecular complexity index is 363. The number of halogens is 1. The summed E-state index contributed by atoms with van der Waals surface area (Å²) in [5.74, 6) is 1.34. The van der Waals surface area contributed by atoms with Gasteiger partial charge in [0.2, 0.25) is 0 Å². The molecule has 1 aromatic heterocycles. The van der Waals surface area contributed by atoms with E-state index in [1.165, 1.54) is 0 Å². The zero-order valence-electron chi connectivity index (χ0n) is 10.6. The van der Waals surface area contributed by atoms with E-state index in [-0.39, 0.29) is 6.04 Å². The van der Waals surface area contributed by atoms with Crippen molar-refractivity contribution >= 4 is 17.4 Å². The average Bonchev–Trinajstić information content (AvgIpc) is 2.28. The Morgan fingerprint density at radius 1 is 1.35 bits per heavy atom. The Morgan fingerprint density at radius 3 is 2.65 bits per heavy atom. The van der Waals surface area contributed by atoms with Crippen LogP contribution in [-0.2, 0) is 16.1 Å². The summed E-state index contributed by atoms with van der Waals surface area (Å²) < 4.78 is 10.1. The molecular weight excluding hydrogens is 242 g/mol. The highest BCUT2D eigenvalue weighted by Gasteiger charge is 2.13. The van der Waals surface area contributed by atoms with E-state index in [4.69, 9.17) is 21.1 Å². The van der Waals surface area contributed by atoms with Gasteiger partial charge in [-0.1, -0.05) is 11.6 Å². The van der Waals surface area contributed by atoms with Crippen LogP contribution >= 0.6 is 11.6 Å². The van der Waals surface area contributed by atoms with Gasteiger partial charge in [-0.3, -0.25) is 0 Å². The smallest absolute Gasteiger partial charge is 0.158 e. The zero-order valence-corrected chi connectivity index (χ0v) is 11.4. The molecule has 1 unspecified atom stereocenters. The van der Waals surface area contributed by atoms with E-state index in [2.05, 4.69) is 16.9 Å². The second-order valence-electron chi connectivity index (χ2n) is 3.81. The molecule has 0 aliphatic carbocycles. The molecule has 0 aliphatic rings. The summed E-state index contributed by atoms with van der Waals surface area (Å²) in [6.45, 7) is 3.02. The zero-order chi connectivity index (χ0) is 12.8. The molecule has 1 rings (SSSR count). The van der Waals surface area contributed by atoms with Gasteiger partial charge in [0, 0.05) is 27.3 Å². The number of anilines is 1. The van der Waals surface area contributed by atoms with Crippen molar-refractivity contribution in [1.82, 2.24) is 9.97 Å². The molecule has 0 N–H and O–H groups in total. The van der Waals surface area contributed by atoms with Crippen LogP contribution in [0.1, 0.15) is 12.7 Å². The van der Waals surface area contributed by atoms with Gasteiger partial charge in [0.25, 0.3) is 0 Å². The number of hydrogen-bond donors (Lipinski definition) is 0. The summed E-state index contributed by atoms with van der Waals surface area (Å²) in [5, 5.41) is 0.415. The lowest BCUT2D eigenvalue weighted by Crippen LogP contribution is -2.33. The highest BCUT2D eigenvalue weighted by molar-refractivity contribution is 6.29. The molecule has 0 spiro atoms. The maximum Gasteiger partial charge on any atom is 0.158 e. The molecular formula is C11H18ClN3O2. The van der Waals surface area contributed by atoms with Gasteiger partial charge in [-0.05, 0) is 6.92 Å². The average molecular weight is 260 g/mol. The summed E-state index contributed by atoms with van der Waals surface area (Å²) in [6.07, 6.45) is 0. The minimum absolute atomic E-state index is 0.210. The predicted octanol–water partition coefficient (Wildman–Crippen LogP) is 1.75. The summed E-state index contributed by atoms with van der Waals surface area (Å²) in [4.78, 5) is 10.5. The molecule has 1 heterocycles. The van der Waals surface area contributed by atoms with Crippen LogP contribution in [-0.4, -0.2) is 43.9 Å². The van der Waals surface area contributed by atoms with E-state index in [0.717, 1.165) is 5.82 Å². The number of likely N-dealkylation sites (N-methyl/N-ethyl adjacent to an activating group) is 1. The fourth-order valence-corrected chi connectivity index (χ4v) is 1.60. The van der Waals surface area contributed by atoms with E-state index >= 15 is 0 Å². The molecule has 6 heteroatoms. The largest absolute Gasteiger partial charge is 0.383 e. The van der Waals surface area contributed by atoms with Crippen LogP contribution in [0.15, 0.2) is 6.07 Å². The third-order valence-corrected chi connectivity index (χ3v) is 2.63. The molecule has 0 fully saturated rings. The van der Waals surface area contributed by atoms with Gasteiger partial charge < -0.3 is 14.4 Å². The Kier molecular flexibility index (Phi) is 5.61. The highest BCUT2D eigenvalue weighted by atomic mass is 35.5. The molecule has 0 bridgehead atoms. The lowest BCUT2D eigenvalue weighted by atomic mass is 10.3. The normalized spacial score (nSPS) is 12.5. The maximum absolute atomic E-state index is 5.95. The van der Waals surface area contributed by atoms with Gasteiger partial charge in [0.1, 0.15) is 17.6 Å². The van der Waals surface area contributed by atoms with Crippen LogP contribution in [0.4, 0.5) is 5.82 Å². The number of aromatic nitrogens is 2. The maximum atomic E-state index is 5.95. The third kappa shape index (κ3) is 4.11. The van der Waals surface area contributed by atoms with E-state index in [1.807, 2.05) is 11.9 Å². The van der Waals surface area contributed by atoms with Crippen LogP contribution in [0.3, 0.4) is 0 Å². The summed E-state index contributed by atoms with van der Waals surface area (Å²) >= 11 is 5.95. The van der Waals surface area contributed by atoms with Crippen molar-refractivity contribution in [3.05, 3.63) is 17.0 Å². The second-order valence-corrected chi connectivity index (χ2v) is 4.20. The number of rotatable bonds is 6. The summed E-state index contributed by atoms with van der Waals surface area (Å²) in [6, 6.07) is 1.94. The molecule has 1 aromatic rings. The van der Waals surface area contributed by atoms with Crippen LogP contribution in [0.5, 0.6) is 0 Å². The molecule has 0 amide bonds. The van der Waals surface area contributed by atoms with E-state index in [0.29, 0.717) is 24.2 Å². The van der Waals surface area contributed by atoms with Crippen molar-refractivity contribution in [3.63, 3.8) is 0 Å². The molecule has 96 valence electrons. The van der Waals surface area contributed by atoms with Crippen LogP contribution in [0.25, 0.3) is 0 Å². The first kappa shape index (κ1) is 14.2. The van der Waals surface area contributed by atoms with Gasteiger partial charge in [-0.2, -0.15) is 0 Å². The first-order valence-electron chi connectivity index (χ1n) is 5.32. The van der Waals surface area contributed by atoms with Crippen molar-refractivity contribution in [2.75, 3.05) is 32.8 Å². The standard InChI is InChI=1S/C11H18ClN3O2/c1-8(6-16-3)15(2)11-5-9(12)13-10(14-11)7-17-4/h5,8H,6-7H2,1-4H3. The van der Waals surface area contributed by atoms with E-state index in [9.17, 15) is 0 Å². The van der Waals surface area contributed by atoms with E-state index in [1.54, 1.807) is 20.3 Å².